The van der Waals surface area contributed by atoms with Gasteiger partial charge in [0.05, 0.1) is 0 Å². The minimum absolute atomic E-state index is 0.0944. The average Bonchev–Trinajstić information content (AvgIpc) is 2.04. The van der Waals surface area contributed by atoms with Gasteiger partial charge in [0.1, 0.15) is 0 Å². The number of hydrogen-bond acceptors (Lipinski definition) is 1. The van der Waals surface area contributed by atoms with Crippen molar-refractivity contribution >= 4 is 5.91 Å². The first kappa shape index (κ1) is 10.6. The van der Waals surface area contributed by atoms with Crippen molar-refractivity contribution in [2.45, 2.75) is 46.0 Å². The predicted octanol–water partition coefficient (Wildman–Crippen LogP) is 2.32. The fraction of sp³-hybridized carbons (Fsp3) is 0.909. The van der Waals surface area contributed by atoms with E-state index in [0.29, 0.717) is 0 Å². The molecule has 0 unspecified atom stereocenters. The maximum Gasteiger partial charge on any atom is 0.220 e. The van der Waals surface area contributed by atoms with Crippen molar-refractivity contribution in [2.75, 3.05) is 0 Å². The van der Waals surface area contributed by atoms with Gasteiger partial charge < -0.3 is 5.73 Å². The van der Waals surface area contributed by atoms with Crippen LogP contribution in [0.4, 0.5) is 0 Å². The topological polar surface area (TPSA) is 43.1 Å². The molecular weight excluding hydrogens is 162 g/mol. The summed E-state index contributed by atoms with van der Waals surface area (Å²) in [6.45, 7) is 4.53. The van der Waals surface area contributed by atoms with Crippen LogP contribution in [0, 0.1) is 17.8 Å². The molecule has 1 saturated carbocycles. The van der Waals surface area contributed by atoms with E-state index in [-0.39, 0.29) is 11.8 Å². The van der Waals surface area contributed by atoms with Gasteiger partial charge in [-0.3, -0.25) is 4.79 Å². The van der Waals surface area contributed by atoms with Gasteiger partial charge in [0, 0.05) is 5.92 Å². The highest BCUT2D eigenvalue weighted by molar-refractivity contribution is 5.76. The van der Waals surface area contributed by atoms with Crippen molar-refractivity contribution in [1.82, 2.24) is 0 Å². The van der Waals surface area contributed by atoms with Crippen LogP contribution in [0.5, 0.6) is 0 Å². The van der Waals surface area contributed by atoms with Gasteiger partial charge in [0.25, 0.3) is 0 Å². The average molecular weight is 183 g/mol. The molecule has 1 aliphatic rings. The zero-order chi connectivity index (χ0) is 9.84. The van der Waals surface area contributed by atoms with Crippen molar-refractivity contribution in [3.8, 4) is 0 Å². The Bertz CT molecular complexity index is 169. The Morgan fingerprint density at radius 3 is 2.23 bits per heavy atom. The molecule has 13 heavy (non-hydrogen) atoms. The van der Waals surface area contributed by atoms with Crippen LogP contribution in [0.25, 0.3) is 0 Å². The van der Waals surface area contributed by atoms with E-state index in [1.165, 1.54) is 19.3 Å². The number of rotatable bonds is 3. The van der Waals surface area contributed by atoms with Crippen LogP contribution in [0.2, 0.25) is 0 Å². The quantitative estimate of drug-likeness (QED) is 0.717. The normalized spacial score (nSPS) is 29.2. The molecule has 76 valence electrons. The molecule has 0 aromatic heterocycles. The molecule has 0 saturated heterocycles. The van der Waals surface area contributed by atoms with Gasteiger partial charge in [0.15, 0.2) is 0 Å². The van der Waals surface area contributed by atoms with Crippen LogP contribution in [0.3, 0.4) is 0 Å². The number of carbonyl (C=O) groups excluding carboxylic acids is 1. The van der Waals surface area contributed by atoms with Gasteiger partial charge in [-0.1, -0.05) is 13.8 Å². The molecule has 2 nitrogen and oxygen atoms in total. The summed E-state index contributed by atoms with van der Waals surface area (Å²) in [7, 11) is 0. The first-order valence-corrected chi connectivity index (χ1v) is 5.39. The van der Waals surface area contributed by atoms with Gasteiger partial charge in [-0.05, 0) is 43.9 Å². The molecule has 0 radical (unpaired) electrons. The fourth-order valence-electron chi connectivity index (χ4n) is 2.35. The minimum atomic E-state index is -0.0944. The third-order valence-electron chi connectivity index (χ3n) is 3.05. The third kappa shape index (κ3) is 3.37. The third-order valence-corrected chi connectivity index (χ3v) is 3.05. The zero-order valence-corrected chi connectivity index (χ0v) is 8.75. The Kier molecular flexibility index (Phi) is 3.76. The van der Waals surface area contributed by atoms with Gasteiger partial charge >= 0.3 is 0 Å². The summed E-state index contributed by atoms with van der Waals surface area (Å²) in [6, 6.07) is 0. The molecule has 0 bridgehead atoms. The van der Waals surface area contributed by atoms with E-state index in [2.05, 4.69) is 13.8 Å². The van der Waals surface area contributed by atoms with E-state index in [4.69, 9.17) is 5.73 Å². The summed E-state index contributed by atoms with van der Waals surface area (Å²) < 4.78 is 0. The lowest BCUT2D eigenvalue weighted by molar-refractivity contribution is -0.123. The SMILES string of the molecule is CC(C)C[C@H]1CC[C@H](C(N)=O)CC1. The van der Waals surface area contributed by atoms with E-state index < -0.39 is 0 Å². The number of amides is 1. The van der Waals surface area contributed by atoms with Crippen LogP contribution in [-0.4, -0.2) is 5.91 Å². The summed E-state index contributed by atoms with van der Waals surface area (Å²) in [6.07, 6.45) is 5.75. The van der Waals surface area contributed by atoms with Crippen LogP contribution in [0.15, 0.2) is 0 Å². The Hall–Kier alpha value is -0.530. The molecule has 0 aliphatic heterocycles. The van der Waals surface area contributed by atoms with Crippen molar-refractivity contribution in [3.63, 3.8) is 0 Å². The Morgan fingerprint density at radius 1 is 1.31 bits per heavy atom. The van der Waals surface area contributed by atoms with Crippen molar-refractivity contribution in [3.05, 3.63) is 0 Å². The zero-order valence-electron chi connectivity index (χ0n) is 8.75. The second-order valence-corrected chi connectivity index (χ2v) is 4.75. The van der Waals surface area contributed by atoms with E-state index >= 15 is 0 Å². The van der Waals surface area contributed by atoms with E-state index in [1.807, 2.05) is 0 Å². The summed E-state index contributed by atoms with van der Waals surface area (Å²) in [5, 5.41) is 0. The van der Waals surface area contributed by atoms with Gasteiger partial charge in [-0.15, -0.1) is 0 Å². The van der Waals surface area contributed by atoms with Gasteiger partial charge in [0.2, 0.25) is 5.91 Å². The number of hydrogen-bond donors (Lipinski definition) is 1. The summed E-state index contributed by atoms with van der Waals surface area (Å²) >= 11 is 0. The van der Waals surface area contributed by atoms with Crippen molar-refractivity contribution in [1.29, 1.82) is 0 Å². The maximum absolute atomic E-state index is 10.9. The predicted molar refractivity (Wildman–Crippen MR) is 54.1 cm³/mol. The number of nitrogens with two attached hydrogens (primary N) is 1. The van der Waals surface area contributed by atoms with E-state index in [0.717, 1.165) is 24.7 Å². The molecule has 0 atom stereocenters. The Balaban J connectivity index is 2.26. The fourth-order valence-corrected chi connectivity index (χ4v) is 2.35. The Morgan fingerprint density at radius 2 is 1.85 bits per heavy atom. The monoisotopic (exact) mass is 183 g/mol. The molecule has 0 aromatic rings. The molecule has 2 heteroatoms. The standard InChI is InChI=1S/C11H21NO/c1-8(2)7-9-3-5-10(6-4-9)11(12)13/h8-10H,3-7H2,1-2H3,(H2,12,13)/t9-,10-. The lowest BCUT2D eigenvalue weighted by Crippen LogP contribution is -2.27. The van der Waals surface area contributed by atoms with E-state index in [9.17, 15) is 4.79 Å². The molecule has 2 N–H and O–H groups in total. The molecule has 1 amide bonds. The summed E-state index contributed by atoms with van der Waals surface area (Å²) in [4.78, 5) is 10.9. The summed E-state index contributed by atoms with van der Waals surface area (Å²) in [5.41, 5.74) is 5.27. The highest BCUT2D eigenvalue weighted by Gasteiger charge is 2.24. The highest BCUT2D eigenvalue weighted by Crippen LogP contribution is 2.32. The maximum atomic E-state index is 10.9. The molecule has 0 spiro atoms. The number of primary amides is 1. The van der Waals surface area contributed by atoms with Crippen molar-refractivity contribution < 1.29 is 4.79 Å². The highest BCUT2D eigenvalue weighted by atomic mass is 16.1. The second-order valence-electron chi connectivity index (χ2n) is 4.75. The molecule has 1 aliphatic carbocycles. The lowest BCUT2D eigenvalue weighted by Gasteiger charge is -2.27. The molecule has 0 aromatic carbocycles. The minimum Gasteiger partial charge on any atom is -0.369 e. The molecular formula is C11H21NO. The Labute approximate surface area is 80.9 Å². The van der Waals surface area contributed by atoms with Crippen LogP contribution in [0.1, 0.15) is 46.0 Å². The van der Waals surface area contributed by atoms with Gasteiger partial charge in [-0.2, -0.15) is 0 Å². The lowest BCUT2D eigenvalue weighted by atomic mass is 9.78. The molecule has 0 heterocycles. The second kappa shape index (κ2) is 4.64. The number of carbonyl (C=O) groups is 1. The first-order chi connectivity index (χ1) is 6.09. The van der Waals surface area contributed by atoms with Crippen LogP contribution in [-0.2, 0) is 4.79 Å². The first-order valence-electron chi connectivity index (χ1n) is 5.39. The molecule has 1 rings (SSSR count). The van der Waals surface area contributed by atoms with E-state index in [1.54, 1.807) is 0 Å². The van der Waals surface area contributed by atoms with Crippen LogP contribution >= 0.6 is 0 Å². The largest absolute Gasteiger partial charge is 0.369 e. The van der Waals surface area contributed by atoms with Crippen molar-refractivity contribution in [2.24, 2.45) is 23.5 Å². The van der Waals surface area contributed by atoms with Gasteiger partial charge in [-0.25, -0.2) is 0 Å². The van der Waals surface area contributed by atoms with Crippen LogP contribution < -0.4 is 5.73 Å². The molecule has 1 fully saturated rings. The summed E-state index contributed by atoms with van der Waals surface area (Å²) in [5.74, 6) is 1.71. The smallest absolute Gasteiger partial charge is 0.220 e.